The summed E-state index contributed by atoms with van der Waals surface area (Å²) in [6, 6.07) is 11.5. The molecule has 0 bridgehead atoms. The predicted molar refractivity (Wildman–Crippen MR) is 69.9 cm³/mol. The molecular formula is C15H11F3O3. The SMILES string of the molecule is COc1ccc(Oc2ccc(C(=O)C(F)(F)F)cc2)cc1. The van der Waals surface area contributed by atoms with E-state index in [1.165, 1.54) is 19.2 Å². The van der Waals surface area contributed by atoms with Crippen molar-refractivity contribution in [1.29, 1.82) is 0 Å². The Kier molecular flexibility index (Phi) is 4.16. The molecular weight excluding hydrogens is 285 g/mol. The molecule has 0 aliphatic rings. The van der Waals surface area contributed by atoms with Crippen LogP contribution in [0.3, 0.4) is 0 Å². The number of ether oxygens (including phenoxy) is 2. The molecule has 0 amide bonds. The maximum absolute atomic E-state index is 12.3. The third-order valence-electron chi connectivity index (χ3n) is 2.67. The van der Waals surface area contributed by atoms with E-state index in [0.29, 0.717) is 17.2 Å². The first-order valence-corrected chi connectivity index (χ1v) is 5.93. The van der Waals surface area contributed by atoms with Crippen LogP contribution in [0.4, 0.5) is 13.2 Å². The van der Waals surface area contributed by atoms with Gasteiger partial charge in [0.15, 0.2) is 0 Å². The van der Waals surface area contributed by atoms with Crippen LogP contribution in [0.1, 0.15) is 10.4 Å². The lowest BCUT2D eigenvalue weighted by Gasteiger charge is -2.08. The Labute approximate surface area is 118 Å². The molecule has 0 heterocycles. The number of hydrogen-bond acceptors (Lipinski definition) is 3. The lowest BCUT2D eigenvalue weighted by molar-refractivity contribution is -0.0885. The first-order valence-electron chi connectivity index (χ1n) is 5.93. The number of ketones is 1. The molecule has 0 atom stereocenters. The normalized spacial score (nSPS) is 11.0. The number of methoxy groups -OCH3 is 1. The molecule has 6 heteroatoms. The molecule has 2 aromatic carbocycles. The van der Waals surface area contributed by atoms with Gasteiger partial charge in [0, 0.05) is 5.56 Å². The number of carbonyl (C=O) groups excluding carboxylic acids is 1. The van der Waals surface area contributed by atoms with Crippen molar-refractivity contribution in [2.45, 2.75) is 6.18 Å². The fourth-order valence-corrected chi connectivity index (χ4v) is 1.62. The summed E-state index contributed by atoms with van der Waals surface area (Å²) in [6.45, 7) is 0. The van der Waals surface area contributed by atoms with E-state index in [1.54, 1.807) is 24.3 Å². The largest absolute Gasteiger partial charge is 0.497 e. The highest BCUT2D eigenvalue weighted by atomic mass is 19.4. The van der Waals surface area contributed by atoms with Gasteiger partial charge in [-0.05, 0) is 48.5 Å². The van der Waals surface area contributed by atoms with Crippen molar-refractivity contribution in [3.05, 3.63) is 54.1 Å². The molecule has 2 aromatic rings. The number of alkyl halides is 3. The van der Waals surface area contributed by atoms with E-state index in [4.69, 9.17) is 9.47 Å². The van der Waals surface area contributed by atoms with E-state index in [0.717, 1.165) is 12.1 Å². The molecule has 0 saturated heterocycles. The highest BCUT2D eigenvalue weighted by Crippen LogP contribution is 2.26. The van der Waals surface area contributed by atoms with Gasteiger partial charge in [0.25, 0.3) is 5.78 Å². The first kappa shape index (κ1) is 14.9. The standard InChI is InChI=1S/C15H11F3O3/c1-20-11-6-8-13(9-7-11)21-12-4-2-10(3-5-12)14(19)15(16,17)18/h2-9H,1H3. The molecule has 110 valence electrons. The molecule has 0 aliphatic heterocycles. The number of carbonyl (C=O) groups is 1. The zero-order valence-corrected chi connectivity index (χ0v) is 11.0. The van der Waals surface area contributed by atoms with E-state index in [2.05, 4.69) is 0 Å². The van der Waals surface area contributed by atoms with E-state index in [1.807, 2.05) is 0 Å². The van der Waals surface area contributed by atoms with Crippen molar-refractivity contribution in [3.63, 3.8) is 0 Å². The van der Waals surface area contributed by atoms with Gasteiger partial charge in [-0.2, -0.15) is 13.2 Å². The second kappa shape index (κ2) is 5.87. The zero-order chi connectivity index (χ0) is 15.5. The molecule has 0 spiro atoms. The maximum Gasteiger partial charge on any atom is 0.454 e. The van der Waals surface area contributed by atoms with E-state index in [9.17, 15) is 18.0 Å². The Bertz CT molecular complexity index is 616. The van der Waals surface area contributed by atoms with Crippen LogP contribution >= 0.6 is 0 Å². The smallest absolute Gasteiger partial charge is 0.454 e. The van der Waals surface area contributed by atoms with Gasteiger partial charge in [0.1, 0.15) is 17.2 Å². The van der Waals surface area contributed by atoms with Crippen LogP contribution in [-0.4, -0.2) is 19.1 Å². The van der Waals surface area contributed by atoms with Crippen LogP contribution < -0.4 is 9.47 Å². The summed E-state index contributed by atoms with van der Waals surface area (Å²) in [7, 11) is 1.53. The number of rotatable bonds is 4. The Morgan fingerprint density at radius 1 is 0.857 bits per heavy atom. The fourth-order valence-electron chi connectivity index (χ4n) is 1.62. The average Bonchev–Trinajstić information content (AvgIpc) is 2.47. The monoisotopic (exact) mass is 296 g/mol. The highest BCUT2D eigenvalue weighted by molar-refractivity contribution is 6.00. The molecule has 0 radical (unpaired) electrons. The first-order chi connectivity index (χ1) is 9.90. The Balaban J connectivity index is 2.10. The van der Waals surface area contributed by atoms with Gasteiger partial charge in [-0.1, -0.05) is 0 Å². The van der Waals surface area contributed by atoms with Crippen molar-refractivity contribution in [2.24, 2.45) is 0 Å². The van der Waals surface area contributed by atoms with E-state index in [-0.39, 0.29) is 0 Å². The van der Waals surface area contributed by atoms with Crippen molar-refractivity contribution in [3.8, 4) is 17.2 Å². The molecule has 0 fully saturated rings. The molecule has 21 heavy (non-hydrogen) atoms. The maximum atomic E-state index is 12.3. The quantitative estimate of drug-likeness (QED) is 0.792. The summed E-state index contributed by atoms with van der Waals surface area (Å²) in [5.41, 5.74) is -0.426. The average molecular weight is 296 g/mol. The molecule has 0 N–H and O–H groups in total. The third-order valence-corrected chi connectivity index (χ3v) is 2.67. The summed E-state index contributed by atoms with van der Waals surface area (Å²) in [5, 5.41) is 0. The zero-order valence-electron chi connectivity index (χ0n) is 11.0. The minimum atomic E-state index is -4.88. The third kappa shape index (κ3) is 3.75. The summed E-state index contributed by atoms with van der Waals surface area (Å²) in [4.78, 5) is 11.0. The van der Waals surface area contributed by atoms with Gasteiger partial charge in [-0.3, -0.25) is 4.79 Å². The molecule has 0 aliphatic carbocycles. The highest BCUT2D eigenvalue weighted by Gasteiger charge is 2.39. The number of Topliss-reactive ketones (excluding diaryl/α,β-unsaturated/α-hetero) is 1. The van der Waals surface area contributed by atoms with E-state index >= 15 is 0 Å². The van der Waals surface area contributed by atoms with Gasteiger partial charge in [-0.25, -0.2) is 0 Å². The van der Waals surface area contributed by atoms with Crippen LogP contribution in [-0.2, 0) is 0 Å². The Hall–Kier alpha value is -2.50. The Morgan fingerprint density at radius 2 is 1.29 bits per heavy atom. The van der Waals surface area contributed by atoms with Gasteiger partial charge >= 0.3 is 6.18 Å². The second-order valence-electron chi connectivity index (χ2n) is 4.13. The van der Waals surface area contributed by atoms with Crippen LogP contribution in [0.15, 0.2) is 48.5 Å². The van der Waals surface area contributed by atoms with Gasteiger partial charge in [-0.15, -0.1) is 0 Å². The molecule has 0 unspecified atom stereocenters. The van der Waals surface area contributed by atoms with Crippen molar-refractivity contribution in [2.75, 3.05) is 7.11 Å². The van der Waals surface area contributed by atoms with Crippen LogP contribution in [0.2, 0.25) is 0 Å². The topological polar surface area (TPSA) is 35.5 Å². The molecule has 0 aromatic heterocycles. The molecule has 3 nitrogen and oxygen atoms in total. The van der Waals surface area contributed by atoms with Gasteiger partial charge in [0.05, 0.1) is 7.11 Å². The fraction of sp³-hybridized carbons (Fsp3) is 0.133. The van der Waals surface area contributed by atoms with Crippen LogP contribution in [0.25, 0.3) is 0 Å². The number of hydrogen-bond donors (Lipinski definition) is 0. The molecule has 0 saturated carbocycles. The van der Waals surface area contributed by atoms with Gasteiger partial charge in [0.2, 0.25) is 0 Å². The summed E-state index contributed by atoms with van der Waals surface area (Å²) < 4.78 is 47.2. The molecule has 2 rings (SSSR count). The van der Waals surface area contributed by atoms with Crippen molar-refractivity contribution in [1.82, 2.24) is 0 Å². The minimum absolute atomic E-state index is 0.332. The van der Waals surface area contributed by atoms with Crippen molar-refractivity contribution < 1.29 is 27.4 Å². The number of benzene rings is 2. The van der Waals surface area contributed by atoms with Crippen molar-refractivity contribution >= 4 is 5.78 Å². The predicted octanol–water partition coefficient (Wildman–Crippen LogP) is 4.23. The lowest BCUT2D eigenvalue weighted by Crippen LogP contribution is -2.22. The van der Waals surface area contributed by atoms with Crippen LogP contribution in [0.5, 0.6) is 17.2 Å². The van der Waals surface area contributed by atoms with Gasteiger partial charge < -0.3 is 9.47 Å². The number of halogens is 3. The van der Waals surface area contributed by atoms with Crippen LogP contribution in [0, 0.1) is 0 Å². The second-order valence-corrected chi connectivity index (χ2v) is 4.13. The summed E-state index contributed by atoms with van der Waals surface area (Å²) in [6.07, 6.45) is -4.88. The minimum Gasteiger partial charge on any atom is -0.497 e. The van der Waals surface area contributed by atoms with E-state index < -0.39 is 17.5 Å². The summed E-state index contributed by atoms with van der Waals surface area (Å²) >= 11 is 0. The Morgan fingerprint density at radius 3 is 1.71 bits per heavy atom. The lowest BCUT2D eigenvalue weighted by atomic mass is 10.1. The summed E-state index contributed by atoms with van der Waals surface area (Å²) in [5.74, 6) is -0.378.